The SMILES string of the molecule is CC1CC(C)CC(C(O)C2CSc3ccccc3O2)C1. The van der Waals surface area contributed by atoms with E-state index in [4.69, 9.17) is 4.74 Å². The molecule has 2 nitrogen and oxygen atoms in total. The molecule has 3 rings (SSSR count). The quantitative estimate of drug-likeness (QED) is 0.894. The molecule has 0 spiro atoms. The van der Waals surface area contributed by atoms with E-state index in [1.807, 2.05) is 18.2 Å². The molecule has 0 radical (unpaired) electrons. The Labute approximate surface area is 125 Å². The minimum atomic E-state index is -0.332. The fourth-order valence-electron chi connectivity index (χ4n) is 3.80. The third kappa shape index (κ3) is 2.99. The van der Waals surface area contributed by atoms with E-state index in [0.717, 1.165) is 36.2 Å². The summed E-state index contributed by atoms with van der Waals surface area (Å²) < 4.78 is 6.05. The third-order valence-corrected chi connectivity index (χ3v) is 5.75. The molecule has 2 aliphatic rings. The molecule has 1 aliphatic carbocycles. The number of hydrogen-bond donors (Lipinski definition) is 1. The van der Waals surface area contributed by atoms with E-state index in [2.05, 4.69) is 19.9 Å². The van der Waals surface area contributed by atoms with Gasteiger partial charge in [0.05, 0.1) is 6.10 Å². The first-order valence-corrected chi connectivity index (χ1v) is 8.68. The van der Waals surface area contributed by atoms with Crippen molar-refractivity contribution in [3.8, 4) is 5.75 Å². The number of aliphatic hydroxyl groups is 1. The molecule has 1 aliphatic heterocycles. The molecular formula is C17H24O2S. The first-order chi connectivity index (χ1) is 9.63. The molecule has 20 heavy (non-hydrogen) atoms. The van der Waals surface area contributed by atoms with Gasteiger partial charge in [0.1, 0.15) is 11.9 Å². The van der Waals surface area contributed by atoms with E-state index < -0.39 is 0 Å². The molecule has 1 N–H and O–H groups in total. The fraction of sp³-hybridized carbons (Fsp3) is 0.647. The summed E-state index contributed by atoms with van der Waals surface area (Å²) in [7, 11) is 0. The summed E-state index contributed by atoms with van der Waals surface area (Å²) in [4.78, 5) is 1.20. The summed E-state index contributed by atoms with van der Waals surface area (Å²) in [5.41, 5.74) is 0. The monoisotopic (exact) mass is 292 g/mol. The number of rotatable bonds is 2. The molecule has 4 unspecified atom stereocenters. The molecular weight excluding hydrogens is 268 g/mol. The zero-order valence-electron chi connectivity index (χ0n) is 12.3. The van der Waals surface area contributed by atoms with Crippen molar-refractivity contribution in [2.45, 2.75) is 50.2 Å². The summed E-state index contributed by atoms with van der Waals surface area (Å²) in [5.74, 6) is 3.63. The Bertz CT molecular complexity index is 452. The summed E-state index contributed by atoms with van der Waals surface area (Å²) in [6.07, 6.45) is 3.18. The zero-order valence-corrected chi connectivity index (χ0v) is 13.1. The number of fused-ring (bicyclic) bond motifs is 1. The van der Waals surface area contributed by atoms with Crippen LogP contribution in [0.15, 0.2) is 29.2 Å². The van der Waals surface area contributed by atoms with Gasteiger partial charge in [-0.2, -0.15) is 0 Å². The van der Waals surface area contributed by atoms with E-state index in [1.54, 1.807) is 11.8 Å². The van der Waals surface area contributed by atoms with E-state index in [-0.39, 0.29) is 12.2 Å². The fourth-order valence-corrected chi connectivity index (χ4v) is 4.84. The van der Waals surface area contributed by atoms with Crippen LogP contribution >= 0.6 is 11.8 Å². The number of thioether (sulfide) groups is 1. The second-order valence-corrected chi connectivity index (χ2v) is 7.64. The standard InChI is InChI=1S/C17H24O2S/c1-11-7-12(2)9-13(8-11)17(18)15-10-20-16-6-4-3-5-14(16)19-15/h3-6,11-13,15,17-18H,7-10H2,1-2H3. The molecule has 110 valence electrons. The van der Waals surface area contributed by atoms with Crippen molar-refractivity contribution >= 4 is 11.8 Å². The van der Waals surface area contributed by atoms with Gasteiger partial charge in [-0.25, -0.2) is 0 Å². The smallest absolute Gasteiger partial charge is 0.134 e. The van der Waals surface area contributed by atoms with Crippen LogP contribution in [0.4, 0.5) is 0 Å². The second-order valence-electron chi connectivity index (χ2n) is 6.58. The third-order valence-electron chi connectivity index (χ3n) is 4.61. The Kier molecular flexibility index (Phi) is 4.27. The van der Waals surface area contributed by atoms with Gasteiger partial charge in [-0.05, 0) is 49.1 Å². The zero-order chi connectivity index (χ0) is 14.1. The highest BCUT2D eigenvalue weighted by Crippen LogP contribution is 2.40. The number of aliphatic hydroxyl groups excluding tert-OH is 1. The average Bonchev–Trinajstić information content (AvgIpc) is 2.45. The van der Waals surface area contributed by atoms with Crippen molar-refractivity contribution in [3.63, 3.8) is 0 Å². The van der Waals surface area contributed by atoms with Gasteiger partial charge in [0.2, 0.25) is 0 Å². The Hall–Kier alpha value is -0.670. The highest BCUT2D eigenvalue weighted by atomic mass is 32.2. The lowest BCUT2D eigenvalue weighted by Gasteiger charge is -2.38. The van der Waals surface area contributed by atoms with Crippen molar-refractivity contribution in [2.24, 2.45) is 17.8 Å². The number of para-hydroxylation sites is 1. The Morgan fingerprint density at radius 3 is 2.60 bits per heavy atom. The van der Waals surface area contributed by atoms with Gasteiger partial charge in [0, 0.05) is 10.6 Å². The minimum Gasteiger partial charge on any atom is -0.486 e. The lowest BCUT2D eigenvalue weighted by Crippen LogP contribution is -2.43. The van der Waals surface area contributed by atoms with Gasteiger partial charge in [-0.1, -0.05) is 26.0 Å². The first kappa shape index (κ1) is 14.3. The van der Waals surface area contributed by atoms with E-state index in [0.29, 0.717) is 5.92 Å². The van der Waals surface area contributed by atoms with E-state index >= 15 is 0 Å². The first-order valence-electron chi connectivity index (χ1n) is 7.70. The van der Waals surface area contributed by atoms with Crippen LogP contribution in [0, 0.1) is 17.8 Å². The van der Waals surface area contributed by atoms with Crippen LogP contribution < -0.4 is 4.74 Å². The van der Waals surface area contributed by atoms with Crippen molar-refractivity contribution in [3.05, 3.63) is 24.3 Å². The maximum atomic E-state index is 10.7. The lowest BCUT2D eigenvalue weighted by molar-refractivity contribution is -0.0192. The normalized spacial score (nSPS) is 35.0. The number of benzene rings is 1. The van der Waals surface area contributed by atoms with Crippen LogP contribution in [0.5, 0.6) is 5.75 Å². The van der Waals surface area contributed by atoms with Gasteiger partial charge >= 0.3 is 0 Å². The highest BCUT2D eigenvalue weighted by Gasteiger charge is 2.36. The Balaban J connectivity index is 1.68. The highest BCUT2D eigenvalue weighted by molar-refractivity contribution is 7.99. The van der Waals surface area contributed by atoms with Gasteiger partial charge in [-0.15, -0.1) is 11.8 Å². The van der Waals surface area contributed by atoms with Crippen LogP contribution in [-0.2, 0) is 0 Å². The molecule has 0 bridgehead atoms. The number of ether oxygens (including phenoxy) is 1. The Morgan fingerprint density at radius 2 is 1.85 bits per heavy atom. The molecule has 1 saturated carbocycles. The Morgan fingerprint density at radius 1 is 1.15 bits per heavy atom. The average molecular weight is 292 g/mol. The molecule has 1 heterocycles. The summed E-state index contributed by atoms with van der Waals surface area (Å²) in [6.45, 7) is 4.61. The predicted molar refractivity (Wildman–Crippen MR) is 83.3 cm³/mol. The molecule has 0 saturated heterocycles. The maximum Gasteiger partial charge on any atom is 0.134 e. The minimum absolute atomic E-state index is 0.0580. The van der Waals surface area contributed by atoms with Gasteiger partial charge < -0.3 is 9.84 Å². The molecule has 0 aromatic heterocycles. The second kappa shape index (κ2) is 5.98. The van der Waals surface area contributed by atoms with Gasteiger partial charge in [0.25, 0.3) is 0 Å². The topological polar surface area (TPSA) is 29.5 Å². The van der Waals surface area contributed by atoms with E-state index in [1.165, 1.54) is 11.3 Å². The lowest BCUT2D eigenvalue weighted by atomic mass is 9.73. The molecule has 1 aromatic carbocycles. The summed E-state index contributed by atoms with van der Waals surface area (Å²) >= 11 is 1.81. The van der Waals surface area contributed by atoms with Crippen LogP contribution in [0.3, 0.4) is 0 Å². The van der Waals surface area contributed by atoms with Crippen LogP contribution in [0.1, 0.15) is 33.1 Å². The van der Waals surface area contributed by atoms with E-state index in [9.17, 15) is 5.11 Å². The molecule has 0 amide bonds. The van der Waals surface area contributed by atoms with Crippen molar-refractivity contribution in [2.75, 3.05) is 5.75 Å². The summed E-state index contributed by atoms with van der Waals surface area (Å²) in [5, 5.41) is 10.7. The van der Waals surface area contributed by atoms with Crippen molar-refractivity contribution in [1.29, 1.82) is 0 Å². The number of hydrogen-bond acceptors (Lipinski definition) is 3. The molecule has 1 aromatic rings. The van der Waals surface area contributed by atoms with Crippen molar-refractivity contribution in [1.82, 2.24) is 0 Å². The summed E-state index contributed by atoms with van der Waals surface area (Å²) in [6, 6.07) is 8.13. The van der Waals surface area contributed by atoms with Gasteiger partial charge in [-0.3, -0.25) is 0 Å². The van der Waals surface area contributed by atoms with Crippen molar-refractivity contribution < 1.29 is 9.84 Å². The predicted octanol–water partition coefficient (Wildman–Crippen LogP) is 3.97. The van der Waals surface area contributed by atoms with Gasteiger partial charge in [0.15, 0.2) is 0 Å². The van der Waals surface area contributed by atoms with Crippen LogP contribution in [0.2, 0.25) is 0 Å². The van der Waals surface area contributed by atoms with Crippen LogP contribution in [-0.4, -0.2) is 23.1 Å². The molecule has 1 fully saturated rings. The van der Waals surface area contributed by atoms with Crippen LogP contribution in [0.25, 0.3) is 0 Å². The molecule has 4 atom stereocenters. The maximum absolute atomic E-state index is 10.7. The molecule has 3 heteroatoms. The largest absolute Gasteiger partial charge is 0.486 e.